The molecule has 2 aromatic rings. The van der Waals surface area contributed by atoms with E-state index in [2.05, 4.69) is 4.98 Å². The maximum atomic E-state index is 12.0. The van der Waals surface area contributed by atoms with E-state index in [1.54, 1.807) is 25.3 Å². The van der Waals surface area contributed by atoms with E-state index < -0.39 is 13.0 Å². The fourth-order valence-corrected chi connectivity index (χ4v) is 1.85. The number of hydrogen-bond donors (Lipinski definition) is 0. The largest absolute Gasteiger partial charge is 0.497 e. The molecule has 1 aromatic carbocycles. The van der Waals surface area contributed by atoms with Crippen molar-refractivity contribution in [1.29, 1.82) is 0 Å². The molecule has 0 saturated carbocycles. The van der Waals surface area contributed by atoms with E-state index in [0.717, 1.165) is 5.39 Å². The van der Waals surface area contributed by atoms with Gasteiger partial charge in [-0.2, -0.15) is 0 Å². The van der Waals surface area contributed by atoms with Crippen molar-refractivity contribution in [2.45, 2.75) is 13.0 Å². The Labute approximate surface area is 114 Å². The van der Waals surface area contributed by atoms with Crippen molar-refractivity contribution in [3.05, 3.63) is 35.0 Å². The first-order chi connectivity index (χ1) is 9.10. The van der Waals surface area contributed by atoms with E-state index in [1.807, 2.05) is 6.07 Å². The molecule has 0 radical (unpaired) electrons. The zero-order chi connectivity index (χ0) is 13.8. The Morgan fingerprint density at radius 3 is 2.79 bits per heavy atom. The lowest BCUT2D eigenvalue weighted by Crippen LogP contribution is -2.04. The lowest BCUT2D eigenvalue weighted by molar-refractivity contribution is 0.00986. The van der Waals surface area contributed by atoms with Gasteiger partial charge in [-0.25, -0.2) is 13.8 Å². The average Bonchev–Trinajstić information content (AvgIpc) is 2.38. The summed E-state index contributed by atoms with van der Waals surface area (Å²) in [7, 11) is 1.56. The van der Waals surface area contributed by atoms with Crippen molar-refractivity contribution in [3.63, 3.8) is 0 Å². The molecule has 0 unspecified atom stereocenters. The third kappa shape index (κ3) is 3.52. The molecule has 3 nitrogen and oxygen atoms in total. The second kappa shape index (κ2) is 6.12. The summed E-state index contributed by atoms with van der Waals surface area (Å²) >= 11 is 5.99. The normalized spacial score (nSPS) is 11.2. The molecule has 19 heavy (non-hydrogen) atoms. The average molecular weight is 288 g/mol. The van der Waals surface area contributed by atoms with Crippen LogP contribution in [-0.4, -0.2) is 25.1 Å². The smallest absolute Gasteiger partial charge is 0.261 e. The van der Waals surface area contributed by atoms with Crippen LogP contribution < -0.4 is 4.74 Å². The summed E-state index contributed by atoms with van der Waals surface area (Å²) in [6.45, 7) is -0.602. The Bertz CT molecular complexity index is 578. The Kier molecular flexibility index (Phi) is 4.50. The molecule has 0 aliphatic rings. The Morgan fingerprint density at radius 2 is 2.11 bits per heavy atom. The van der Waals surface area contributed by atoms with Gasteiger partial charge in [0.1, 0.15) is 17.5 Å². The van der Waals surface area contributed by atoms with Crippen molar-refractivity contribution in [2.75, 3.05) is 13.7 Å². The number of methoxy groups -OCH3 is 1. The third-order valence-corrected chi connectivity index (χ3v) is 2.88. The first-order valence-electron chi connectivity index (χ1n) is 5.59. The molecular weight excluding hydrogens is 276 g/mol. The molecule has 0 bridgehead atoms. The van der Waals surface area contributed by atoms with E-state index in [-0.39, 0.29) is 11.8 Å². The van der Waals surface area contributed by atoms with E-state index >= 15 is 0 Å². The van der Waals surface area contributed by atoms with Crippen molar-refractivity contribution >= 4 is 22.5 Å². The number of aromatic nitrogens is 1. The number of ether oxygens (including phenoxy) is 2. The minimum atomic E-state index is -2.49. The van der Waals surface area contributed by atoms with Crippen LogP contribution in [0.1, 0.15) is 5.56 Å². The molecule has 6 heteroatoms. The topological polar surface area (TPSA) is 31.4 Å². The van der Waals surface area contributed by atoms with Gasteiger partial charge < -0.3 is 9.47 Å². The summed E-state index contributed by atoms with van der Waals surface area (Å²) < 4.78 is 33.9. The van der Waals surface area contributed by atoms with Crippen LogP contribution in [0.25, 0.3) is 10.9 Å². The second-order valence-electron chi connectivity index (χ2n) is 3.90. The number of pyridine rings is 1. The highest BCUT2D eigenvalue weighted by atomic mass is 35.5. The molecule has 0 fully saturated rings. The lowest BCUT2D eigenvalue weighted by Gasteiger charge is -2.08. The Hall–Kier alpha value is -1.46. The molecule has 0 N–H and O–H groups in total. The van der Waals surface area contributed by atoms with Crippen LogP contribution in [0.4, 0.5) is 8.78 Å². The fourth-order valence-electron chi connectivity index (χ4n) is 1.65. The molecule has 0 amide bonds. The van der Waals surface area contributed by atoms with Gasteiger partial charge in [-0.05, 0) is 18.2 Å². The van der Waals surface area contributed by atoms with Crippen LogP contribution in [0.15, 0.2) is 24.3 Å². The van der Waals surface area contributed by atoms with Crippen LogP contribution in [-0.2, 0) is 11.3 Å². The number of fused-ring (bicyclic) bond motifs is 1. The molecule has 2 rings (SSSR count). The van der Waals surface area contributed by atoms with Gasteiger partial charge in [0.2, 0.25) is 0 Å². The maximum absolute atomic E-state index is 12.0. The number of hydrogen-bond acceptors (Lipinski definition) is 3. The molecule has 0 aliphatic carbocycles. The summed E-state index contributed by atoms with van der Waals surface area (Å²) in [6, 6.07) is 7.15. The Balaban J connectivity index is 2.23. The first-order valence-corrected chi connectivity index (χ1v) is 5.97. The molecule has 1 heterocycles. The molecule has 0 spiro atoms. The summed E-state index contributed by atoms with van der Waals surface area (Å²) in [5.74, 6) is 0.678. The minimum absolute atomic E-state index is 0.0120. The van der Waals surface area contributed by atoms with Gasteiger partial charge in [-0.15, -0.1) is 0 Å². The van der Waals surface area contributed by atoms with Crippen LogP contribution in [0.2, 0.25) is 5.15 Å². The second-order valence-corrected chi connectivity index (χ2v) is 4.26. The van der Waals surface area contributed by atoms with E-state index in [0.29, 0.717) is 16.8 Å². The number of nitrogens with zero attached hydrogens (tertiary/aromatic N) is 1. The van der Waals surface area contributed by atoms with E-state index in [9.17, 15) is 8.78 Å². The van der Waals surface area contributed by atoms with Crippen LogP contribution >= 0.6 is 11.6 Å². The summed E-state index contributed by atoms with van der Waals surface area (Å²) in [4.78, 5) is 4.20. The van der Waals surface area contributed by atoms with Crippen LogP contribution in [0, 0.1) is 0 Å². The SMILES string of the molecule is COc1ccc2cc(COCC(F)F)c(Cl)nc2c1. The van der Waals surface area contributed by atoms with Crippen molar-refractivity contribution in [1.82, 2.24) is 4.98 Å². The minimum Gasteiger partial charge on any atom is -0.497 e. The van der Waals surface area contributed by atoms with Gasteiger partial charge in [0.05, 0.1) is 19.2 Å². The highest BCUT2D eigenvalue weighted by Gasteiger charge is 2.08. The number of alkyl halides is 2. The van der Waals surface area contributed by atoms with Gasteiger partial charge in [0.15, 0.2) is 0 Å². The highest BCUT2D eigenvalue weighted by molar-refractivity contribution is 6.30. The van der Waals surface area contributed by atoms with Crippen molar-refractivity contribution in [3.8, 4) is 5.75 Å². The van der Waals surface area contributed by atoms with Crippen molar-refractivity contribution < 1.29 is 18.3 Å². The highest BCUT2D eigenvalue weighted by Crippen LogP contribution is 2.24. The molecule has 0 aliphatic heterocycles. The van der Waals surface area contributed by atoms with Gasteiger partial charge in [0, 0.05) is 17.0 Å². The zero-order valence-electron chi connectivity index (χ0n) is 10.2. The fraction of sp³-hybridized carbons (Fsp3) is 0.308. The molecular formula is C13H12ClF2NO2. The first kappa shape index (κ1) is 14.0. The number of rotatable bonds is 5. The quantitative estimate of drug-likeness (QED) is 0.786. The number of benzene rings is 1. The molecule has 0 atom stereocenters. The summed E-state index contributed by atoms with van der Waals surface area (Å²) in [6.07, 6.45) is -2.49. The number of halogens is 3. The Morgan fingerprint density at radius 1 is 1.32 bits per heavy atom. The monoisotopic (exact) mass is 287 g/mol. The lowest BCUT2D eigenvalue weighted by atomic mass is 10.1. The van der Waals surface area contributed by atoms with Gasteiger partial charge in [0.25, 0.3) is 6.43 Å². The van der Waals surface area contributed by atoms with Crippen molar-refractivity contribution in [2.24, 2.45) is 0 Å². The molecule has 1 aromatic heterocycles. The molecule has 102 valence electrons. The van der Waals surface area contributed by atoms with E-state index in [1.165, 1.54) is 0 Å². The third-order valence-electron chi connectivity index (χ3n) is 2.55. The van der Waals surface area contributed by atoms with Crippen LogP contribution in [0.3, 0.4) is 0 Å². The van der Waals surface area contributed by atoms with Gasteiger partial charge in [-0.1, -0.05) is 11.6 Å². The van der Waals surface area contributed by atoms with Gasteiger partial charge in [-0.3, -0.25) is 0 Å². The van der Waals surface area contributed by atoms with Crippen LogP contribution in [0.5, 0.6) is 5.75 Å². The standard InChI is InChI=1S/C13H12ClF2NO2/c1-18-10-3-2-8-4-9(6-19-7-12(15)16)13(14)17-11(8)5-10/h2-5,12H,6-7H2,1H3. The summed E-state index contributed by atoms with van der Waals surface area (Å²) in [5, 5.41) is 1.09. The predicted octanol–water partition coefficient (Wildman–Crippen LogP) is 3.68. The summed E-state index contributed by atoms with van der Waals surface area (Å²) in [5.41, 5.74) is 1.27. The zero-order valence-corrected chi connectivity index (χ0v) is 11.0. The van der Waals surface area contributed by atoms with Gasteiger partial charge >= 0.3 is 0 Å². The maximum Gasteiger partial charge on any atom is 0.261 e. The molecule has 0 saturated heterocycles. The predicted molar refractivity (Wildman–Crippen MR) is 69.0 cm³/mol. The van der Waals surface area contributed by atoms with E-state index in [4.69, 9.17) is 21.1 Å².